The number of carbonyl (C=O) groups is 2. The number of aliphatic imine (C=N–C) groups is 1. The summed E-state index contributed by atoms with van der Waals surface area (Å²) >= 11 is 0. The lowest BCUT2D eigenvalue weighted by Gasteiger charge is -2.18. The van der Waals surface area contributed by atoms with Gasteiger partial charge in [0.15, 0.2) is 0 Å². The maximum atomic E-state index is 13.2. The van der Waals surface area contributed by atoms with E-state index in [9.17, 15) is 14.0 Å². The number of hydrogen-bond acceptors (Lipinski definition) is 4. The van der Waals surface area contributed by atoms with E-state index in [1.54, 1.807) is 18.5 Å². The predicted octanol–water partition coefficient (Wildman–Crippen LogP) is 2.26. The van der Waals surface area contributed by atoms with Crippen LogP contribution >= 0.6 is 0 Å². The molecule has 0 fully saturated rings. The maximum Gasteiger partial charge on any atom is 0.328 e. The fourth-order valence-corrected chi connectivity index (χ4v) is 2.65. The van der Waals surface area contributed by atoms with Gasteiger partial charge in [0, 0.05) is 18.7 Å². The molecule has 7 heteroatoms. The molecule has 1 unspecified atom stereocenters. The van der Waals surface area contributed by atoms with E-state index in [0.29, 0.717) is 18.2 Å². The van der Waals surface area contributed by atoms with E-state index in [1.165, 1.54) is 11.1 Å². The second-order valence-electron chi connectivity index (χ2n) is 5.70. The first-order valence-electron chi connectivity index (χ1n) is 7.81. The van der Waals surface area contributed by atoms with Crippen LogP contribution in [0.3, 0.4) is 0 Å². The van der Waals surface area contributed by atoms with Gasteiger partial charge in [0.05, 0.1) is 12.4 Å². The number of nitrogens with zero attached hydrogens (tertiary/aromatic N) is 1. The molecule has 6 nitrogen and oxygen atoms in total. The molecule has 25 heavy (non-hydrogen) atoms. The van der Waals surface area contributed by atoms with Crippen molar-refractivity contribution in [2.24, 2.45) is 4.99 Å². The Morgan fingerprint density at radius 1 is 1.24 bits per heavy atom. The van der Waals surface area contributed by atoms with Crippen molar-refractivity contribution in [3.63, 3.8) is 0 Å². The molecule has 0 spiro atoms. The number of hydrogen-bond donors (Lipinski definition) is 3. The zero-order valence-electron chi connectivity index (χ0n) is 13.5. The number of carboxylic acids is 2. The molecule has 1 atom stereocenters. The molecule has 0 aromatic heterocycles. The molecule has 1 aliphatic carbocycles. The lowest BCUT2D eigenvalue weighted by atomic mass is 9.89. The molecular formula is C18H19FN2O4. The summed E-state index contributed by atoms with van der Waals surface area (Å²) in [4.78, 5) is 23.5. The lowest BCUT2D eigenvalue weighted by Crippen LogP contribution is -2.16. The highest BCUT2D eigenvalue weighted by Gasteiger charge is 2.16. The normalized spacial score (nSPS) is 18.0. The Labute approximate surface area is 144 Å². The second kappa shape index (κ2) is 8.77. The topological polar surface area (TPSA) is 99.0 Å². The Morgan fingerprint density at radius 2 is 1.96 bits per heavy atom. The van der Waals surface area contributed by atoms with Crippen molar-refractivity contribution in [3.05, 3.63) is 52.9 Å². The monoisotopic (exact) mass is 346 g/mol. The summed E-state index contributed by atoms with van der Waals surface area (Å²) in [5.41, 5.74) is 3.68. The molecule has 1 aromatic rings. The molecule has 1 aliphatic heterocycles. The van der Waals surface area contributed by atoms with Crippen LogP contribution in [0.1, 0.15) is 24.0 Å². The SMILES string of the molecule is Fc1ccc2c(c1)C=C(CC1CNC=N1)CC2.O=C(O)C=CC(=O)O. The number of benzene rings is 1. The third-order valence-electron chi connectivity index (χ3n) is 3.78. The number of halogens is 1. The number of nitrogens with one attached hydrogen (secondary N) is 1. The average Bonchev–Trinajstić information content (AvgIpc) is 3.06. The van der Waals surface area contributed by atoms with Crippen molar-refractivity contribution < 1.29 is 24.2 Å². The Hall–Kier alpha value is -2.96. The quantitative estimate of drug-likeness (QED) is 0.726. The number of fused-ring (bicyclic) bond motifs is 1. The number of carboxylic acid groups (broad SMARTS) is 2. The summed E-state index contributed by atoms with van der Waals surface area (Å²) in [7, 11) is 0. The Morgan fingerprint density at radius 3 is 2.56 bits per heavy atom. The van der Waals surface area contributed by atoms with Gasteiger partial charge in [-0.15, -0.1) is 0 Å². The van der Waals surface area contributed by atoms with Crippen molar-refractivity contribution in [3.8, 4) is 0 Å². The zero-order chi connectivity index (χ0) is 18.2. The molecule has 3 N–H and O–H groups in total. The van der Waals surface area contributed by atoms with Crippen molar-refractivity contribution in [1.82, 2.24) is 5.32 Å². The largest absolute Gasteiger partial charge is 0.478 e. The third-order valence-corrected chi connectivity index (χ3v) is 3.78. The molecular weight excluding hydrogens is 327 g/mol. The van der Waals surface area contributed by atoms with E-state index in [-0.39, 0.29) is 5.82 Å². The smallest absolute Gasteiger partial charge is 0.328 e. The summed E-state index contributed by atoms with van der Waals surface area (Å²) in [6.45, 7) is 0.924. The van der Waals surface area contributed by atoms with Crippen LogP contribution in [0.2, 0.25) is 0 Å². The number of aryl methyl sites for hydroxylation is 1. The molecule has 0 saturated heterocycles. The van der Waals surface area contributed by atoms with Crippen molar-refractivity contribution in [2.45, 2.75) is 25.3 Å². The molecule has 0 radical (unpaired) electrons. The highest BCUT2D eigenvalue weighted by atomic mass is 19.1. The van der Waals surface area contributed by atoms with E-state index in [2.05, 4.69) is 16.4 Å². The van der Waals surface area contributed by atoms with Crippen LogP contribution in [0, 0.1) is 5.82 Å². The molecule has 0 saturated carbocycles. The Bertz CT molecular complexity index is 725. The van der Waals surface area contributed by atoms with E-state index in [4.69, 9.17) is 10.2 Å². The molecule has 0 amide bonds. The van der Waals surface area contributed by atoms with Crippen LogP contribution < -0.4 is 5.32 Å². The van der Waals surface area contributed by atoms with Gasteiger partial charge in [-0.25, -0.2) is 14.0 Å². The highest BCUT2D eigenvalue weighted by Crippen LogP contribution is 2.27. The van der Waals surface area contributed by atoms with Crippen molar-refractivity contribution >= 4 is 24.4 Å². The minimum atomic E-state index is -1.26. The molecule has 132 valence electrons. The molecule has 1 heterocycles. The first kappa shape index (κ1) is 18.4. The summed E-state index contributed by atoms with van der Waals surface area (Å²) in [5.74, 6) is -2.67. The van der Waals surface area contributed by atoms with Crippen molar-refractivity contribution in [1.29, 1.82) is 0 Å². The van der Waals surface area contributed by atoms with Crippen LogP contribution in [-0.2, 0) is 16.0 Å². The van der Waals surface area contributed by atoms with E-state index < -0.39 is 11.9 Å². The zero-order valence-corrected chi connectivity index (χ0v) is 13.5. The summed E-state index contributed by atoms with van der Waals surface area (Å²) < 4.78 is 13.2. The fraction of sp³-hybridized carbons (Fsp3) is 0.278. The van der Waals surface area contributed by atoms with Gasteiger partial charge in [-0.05, 0) is 42.5 Å². The van der Waals surface area contributed by atoms with Crippen molar-refractivity contribution in [2.75, 3.05) is 6.54 Å². The van der Waals surface area contributed by atoms with Gasteiger partial charge in [-0.3, -0.25) is 4.99 Å². The summed E-state index contributed by atoms with van der Waals surface area (Å²) in [6, 6.07) is 5.43. The van der Waals surface area contributed by atoms with Gasteiger partial charge in [0.2, 0.25) is 0 Å². The maximum absolute atomic E-state index is 13.2. The van der Waals surface area contributed by atoms with Gasteiger partial charge in [-0.2, -0.15) is 0 Å². The first-order valence-corrected chi connectivity index (χ1v) is 7.81. The van der Waals surface area contributed by atoms with E-state index >= 15 is 0 Å². The summed E-state index contributed by atoms with van der Waals surface area (Å²) in [6.07, 6.45) is 8.11. The predicted molar refractivity (Wildman–Crippen MR) is 92.0 cm³/mol. The highest BCUT2D eigenvalue weighted by molar-refractivity contribution is 5.89. The second-order valence-corrected chi connectivity index (χ2v) is 5.70. The fourth-order valence-electron chi connectivity index (χ4n) is 2.65. The van der Waals surface area contributed by atoms with Crippen LogP contribution in [0.5, 0.6) is 0 Å². The van der Waals surface area contributed by atoms with Crippen LogP contribution in [0.4, 0.5) is 4.39 Å². The third kappa shape index (κ3) is 6.21. The van der Waals surface area contributed by atoms with Crippen LogP contribution in [0.15, 0.2) is 40.9 Å². The van der Waals surface area contributed by atoms with Gasteiger partial charge in [0.1, 0.15) is 5.82 Å². The first-order chi connectivity index (χ1) is 11.9. The Kier molecular flexibility index (Phi) is 6.45. The van der Waals surface area contributed by atoms with Gasteiger partial charge in [0.25, 0.3) is 0 Å². The minimum Gasteiger partial charge on any atom is -0.478 e. The van der Waals surface area contributed by atoms with Gasteiger partial charge < -0.3 is 15.5 Å². The minimum absolute atomic E-state index is 0.151. The Balaban J connectivity index is 0.000000242. The van der Waals surface area contributed by atoms with Gasteiger partial charge in [-0.1, -0.05) is 17.7 Å². The van der Waals surface area contributed by atoms with E-state index in [0.717, 1.165) is 31.4 Å². The average molecular weight is 346 g/mol. The number of rotatable bonds is 4. The van der Waals surface area contributed by atoms with Gasteiger partial charge >= 0.3 is 11.9 Å². The van der Waals surface area contributed by atoms with E-state index in [1.807, 2.05) is 6.07 Å². The molecule has 1 aromatic carbocycles. The summed E-state index contributed by atoms with van der Waals surface area (Å²) in [5, 5.41) is 18.7. The molecule has 2 aliphatic rings. The number of aliphatic carboxylic acids is 2. The van der Waals surface area contributed by atoms with Crippen LogP contribution in [0.25, 0.3) is 6.08 Å². The standard InChI is InChI=1S/C14H15FN2.C4H4O4/c15-13-4-3-11-2-1-10(5-12(11)7-13)6-14-8-16-9-17-14;5-3(6)1-2-4(7)8/h3-5,7,9,14H,1-2,6,8H2,(H,16,17);1-2H,(H,5,6)(H,7,8). The molecule has 0 bridgehead atoms. The molecule has 3 rings (SSSR count). The van der Waals surface area contributed by atoms with Crippen LogP contribution in [-0.4, -0.2) is 41.1 Å². The lowest BCUT2D eigenvalue weighted by molar-refractivity contribution is -0.134.